The summed E-state index contributed by atoms with van der Waals surface area (Å²) < 4.78 is 25.2. The monoisotopic (exact) mass is 306 g/mol. The normalized spacial score (nSPS) is 11.3. The molecule has 6 nitrogen and oxygen atoms in total. The van der Waals surface area contributed by atoms with Crippen molar-refractivity contribution in [2.75, 3.05) is 24.2 Å². The molecule has 1 aromatic carbocycles. The first-order valence-electron chi connectivity index (χ1n) is 5.60. The van der Waals surface area contributed by atoms with Gasteiger partial charge in [-0.15, -0.1) is 0 Å². The highest BCUT2D eigenvalue weighted by atomic mass is 35.5. The maximum absolute atomic E-state index is 11.4. The second kappa shape index (κ2) is 6.74. The van der Waals surface area contributed by atoms with E-state index in [0.717, 1.165) is 0 Å². The van der Waals surface area contributed by atoms with E-state index in [1.807, 2.05) is 0 Å². The minimum absolute atomic E-state index is 0.00773. The van der Waals surface area contributed by atoms with Crippen molar-refractivity contribution in [2.45, 2.75) is 6.92 Å². The number of carboxylic acids is 1. The molecule has 0 aromatic heterocycles. The lowest BCUT2D eigenvalue weighted by molar-refractivity contribution is 0.0698. The van der Waals surface area contributed by atoms with Crippen LogP contribution in [0, 0.1) is 0 Å². The summed E-state index contributed by atoms with van der Waals surface area (Å²) in [5.41, 5.74) is 0.344. The van der Waals surface area contributed by atoms with E-state index < -0.39 is 16.0 Å². The zero-order valence-electron chi connectivity index (χ0n) is 10.3. The van der Waals surface area contributed by atoms with Crippen LogP contribution in [0.2, 0.25) is 5.02 Å². The van der Waals surface area contributed by atoms with Crippen molar-refractivity contribution < 1.29 is 18.3 Å². The van der Waals surface area contributed by atoms with Gasteiger partial charge in [0.1, 0.15) is 0 Å². The Morgan fingerprint density at radius 2 is 2.11 bits per heavy atom. The molecule has 0 amide bonds. The van der Waals surface area contributed by atoms with Gasteiger partial charge in [-0.3, -0.25) is 0 Å². The van der Waals surface area contributed by atoms with Crippen LogP contribution < -0.4 is 10.0 Å². The molecule has 0 aliphatic carbocycles. The molecular weight excluding hydrogens is 292 g/mol. The van der Waals surface area contributed by atoms with E-state index in [2.05, 4.69) is 10.0 Å². The Morgan fingerprint density at radius 1 is 1.42 bits per heavy atom. The van der Waals surface area contributed by atoms with Crippen LogP contribution in [-0.4, -0.2) is 38.3 Å². The van der Waals surface area contributed by atoms with Crippen LogP contribution in [0.25, 0.3) is 0 Å². The highest BCUT2D eigenvalue weighted by molar-refractivity contribution is 7.89. The van der Waals surface area contributed by atoms with Gasteiger partial charge in [-0.2, -0.15) is 0 Å². The van der Waals surface area contributed by atoms with E-state index in [9.17, 15) is 13.2 Å². The first-order chi connectivity index (χ1) is 8.85. The molecule has 19 heavy (non-hydrogen) atoms. The van der Waals surface area contributed by atoms with E-state index in [1.165, 1.54) is 18.2 Å². The van der Waals surface area contributed by atoms with Crippen LogP contribution in [0.15, 0.2) is 18.2 Å². The summed E-state index contributed by atoms with van der Waals surface area (Å²) in [7, 11) is -3.33. The van der Waals surface area contributed by atoms with Crippen LogP contribution in [0.5, 0.6) is 0 Å². The number of benzene rings is 1. The van der Waals surface area contributed by atoms with Gasteiger partial charge in [0, 0.05) is 23.8 Å². The molecule has 0 radical (unpaired) electrons. The first kappa shape index (κ1) is 15.7. The summed E-state index contributed by atoms with van der Waals surface area (Å²) >= 11 is 5.71. The molecule has 0 spiro atoms. The molecule has 0 atom stereocenters. The van der Waals surface area contributed by atoms with Crippen molar-refractivity contribution >= 4 is 33.3 Å². The molecule has 0 bridgehead atoms. The quantitative estimate of drug-likeness (QED) is 0.707. The van der Waals surface area contributed by atoms with Gasteiger partial charge in [0.2, 0.25) is 10.0 Å². The number of halogens is 1. The van der Waals surface area contributed by atoms with Crippen LogP contribution in [0.3, 0.4) is 0 Å². The molecule has 3 N–H and O–H groups in total. The van der Waals surface area contributed by atoms with Crippen LogP contribution in [-0.2, 0) is 10.0 Å². The molecule has 0 unspecified atom stereocenters. The Kier molecular flexibility index (Phi) is 5.59. The molecule has 0 heterocycles. The molecule has 0 saturated heterocycles. The summed E-state index contributed by atoms with van der Waals surface area (Å²) in [6.45, 7) is 2.12. The zero-order chi connectivity index (χ0) is 14.5. The molecule has 0 fully saturated rings. The van der Waals surface area contributed by atoms with Crippen molar-refractivity contribution in [3.8, 4) is 0 Å². The van der Waals surface area contributed by atoms with Crippen molar-refractivity contribution in [3.05, 3.63) is 28.8 Å². The number of hydrogen-bond donors (Lipinski definition) is 3. The smallest absolute Gasteiger partial charge is 0.337 e. The van der Waals surface area contributed by atoms with E-state index in [1.54, 1.807) is 6.92 Å². The SMILES string of the molecule is CCNS(=O)(=O)CCNc1ccc(Cl)cc1C(=O)O. The van der Waals surface area contributed by atoms with Gasteiger partial charge in [0.15, 0.2) is 0 Å². The summed E-state index contributed by atoms with van der Waals surface area (Å²) in [4.78, 5) is 11.0. The maximum Gasteiger partial charge on any atom is 0.337 e. The second-order valence-corrected chi connectivity index (χ2v) is 6.10. The molecule has 0 aliphatic rings. The number of carboxylic acid groups (broad SMARTS) is 1. The lowest BCUT2D eigenvalue weighted by Crippen LogP contribution is -2.29. The fourth-order valence-electron chi connectivity index (χ4n) is 1.46. The Labute approximate surface area is 116 Å². The molecule has 8 heteroatoms. The number of carbonyl (C=O) groups is 1. The van der Waals surface area contributed by atoms with Crippen molar-refractivity contribution in [2.24, 2.45) is 0 Å². The molecule has 106 valence electrons. The highest BCUT2D eigenvalue weighted by Gasteiger charge is 2.12. The summed E-state index contributed by atoms with van der Waals surface area (Å²) in [6, 6.07) is 4.35. The standard InChI is InChI=1S/C11H15ClN2O4S/c1-2-14-19(17,18)6-5-13-10-4-3-8(12)7-9(10)11(15)16/h3-4,7,13-14H,2,5-6H2,1H3,(H,15,16). The van der Waals surface area contributed by atoms with Gasteiger partial charge >= 0.3 is 5.97 Å². The molecule has 0 saturated carbocycles. The van der Waals surface area contributed by atoms with Gasteiger partial charge < -0.3 is 10.4 Å². The van der Waals surface area contributed by atoms with Gasteiger partial charge in [0.05, 0.1) is 11.3 Å². The predicted molar refractivity (Wildman–Crippen MR) is 74.4 cm³/mol. The topological polar surface area (TPSA) is 95.5 Å². The molecule has 0 aliphatic heterocycles. The zero-order valence-corrected chi connectivity index (χ0v) is 11.9. The van der Waals surface area contributed by atoms with Gasteiger partial charge in [0.25, 0.3) is 0 Å². The van der Waals surface area contributed by atoms with Crippen molar-refractivity contribution in [1.29, 1.82) is 0 Å². The lowest BCUT2D eigenvalue weighted by Gasteiger charge is -2.10. The van der Waals surface area contributed by atoms with Crippen molar-refractivity contribution in [1.82, 2.24) is 4.72 Å². The average molecular weight is 307 g/mol. The Morgan fingerprint density at radius 3 is 2.68 bits per heavy atom. The summed E-state index contributed by atoms with van der Waals surface area (Å²) in [6.07, 6.45) is 0. The molecule has 1 rings (SSSR count). The molecular formula is C11H15ClN2O4S. The van der Waals surface area contributed by atoms with Crippen LogP contribution >= 0.6 is 11.6 Å². The Bertz CT molecular complexity index is 560. The number of anilines is 1. The second-order valence-electron chi connectivity index (χ2n) is 3.74. The highest BCUT2D eigenvalue weighted by Crippen LogP contribution is 2.20. The first-order valence-corrected chi connectivity index (χ1v) is 7.63. The lowest BCUT2D eigenvalue weighted by atomic mass is 10.2. The van der Waals surface area contributed by atoms with Gasteiger partial charge in [-0.25, -0.2) is 17.9 Å². The number of rotatable bonds is 7. The van der Waals surface area contributed by atoms with Gasteiger partial charge in [-0.1, -0.05) is 18.5 Å². The van der Waals surface area contributed by atoms with Gasteiger partial charge in [-0.05, 0) is 18.2 Å². The fraction of sp³-hybridized carbons (Fsp3) is 0.364. The van der Waals surface area contributed by atoms with Crippen LogP contribution in [0.1, 0.15) is 17.3 Å². The third-order valence-corrected chi connectivity index (χ3v) is 3.97. The molecule has 1 aromatic rings. The number of nitrogens with one attached hydrogen (secondary N) is 2. The predicted octanol–water partition coefficient (Wildman–Crippen LogP) is 1.39. The van der Waals surface area contributed by atoms with Crippen molar-refractivity contribution in [3.63, 3.8) is 0 Å². The third kappa shape index (κ3) is 5.06. The van der Waals surface area contributed by atoms with E-state index in [4.69, 9.17) is 16.7 Å². The number of hydrogen-bond acceptors (Lipinski definition) is 4. The minimum Gasteiger partial charge on any atom is -0.478 e. The summed E-state index contributed by atoms with van der Waals surface area (Å²) in [5, 5.41) is 12.1. The number of aromatic carboxylic acids is 1. The average Bonchev–Trinajstić information content (AvgIpc) is 2.30. The minimum atomic E-state index is -3.33. The third-order valence-electron chi connectivity index (χ3n) is 2.26. The van der Waals surface area contributed by atoms with E-state index in [-0.39, 0.29) is 17.9 Å². The van der Waals surface area contributed by atoms with E-state index >= 15 is 0 Å². The summed E-state index contributed by atoms with van der Waals surface area (Å²) in [5.74, 6) is -1.26. The fourth-order valence-corrected chi connectivity index (χ4v) is 2.59. The maximum atomic E-state index is 11.4. The Hall–Kier alpha value is -1.31. The Balaban J connectivity index is 2.71. The van der Waals surface area contributed by atoms with E-state index in [0.29, 0.717) is 17.3 Å². The largest absolute Gasteiger partial charge is 0.478 e. The van der Waals surface area contributed by atoms with Crippen LogP contribution in [0.4, 0.5) is 5.69 Å². The number of sulfonamides is 1.